The van der Waals surface area contributed by atoms with Crippen molar-refractivity contribution in [2.24, 2.45) is 0 Å². The van der Waals surface area contributed by atoms with E-state index in [2.05, 4.69) is 0 Å². The number of carbonyl (C=O) groups excluding carboxylic acids is 1. The molecule has 0 unspecified atom stereocenters. The molecule has 1 aliphatic rings. The van der Waals surface area contributed by atoms with Crippen molar-refractivity contribution in [1.82, 2.24) is 0 Å². The first-order valence-electron chi connectivity index (χ1n) is 7.94. The molecule has 3 N–H and O–H groups in total. The summed E-state index contributed by atoms with van der Waals surface area (Å²) in [7, 11) is 0. The molecule has 0 spiro atoms. The van der Waals surface area contributed by atoms with Gasteiger partial charge in [0.2, 0.25) is 0 Å². The third kappa shape index (κ3) is 3.85. The van der Waals surface area contributed by atoms with Crippen LogP contribution in [0, 0.1) is 0 Å². The molecule has 0 amide bonds. The molecule has 4 atom stereocenters. The van der Waals surface area contributed by atoms with E-state index < -0.39 is 37.1 Å². The zero-order valence-corrected chi connectivity index (χ0v) is 13.4. The van der Waals surface area contributed by atoms with Gasteiger partial charge in [-0.3, -0.25) is 0 Å². The Hall–Kier alpha value is -2.32. The van der Waals surface area contributed by atoms with Crippen molar-refractivity contribution < 1.29 is 34.2 Å². The highest BCUT2D eigenvalue weighted by molar-refractivity contribution is 5.88. The fourth-order valence-corrected chi connectivity index (χ4v) is 2.70. The molecule has 3 rings (SSSR count). The molecule has 132 valence electrons. The van der Waals surface area contributed by atoms with Crippen molar-refractivity contribution in [3.05, 3.63) is 66.0 Å². The monoisotopic (exact) mass is 346 g/mol. The summed E-state index contributed by atoms with van der Waals surface area (Å²) in [6, 6.07) is 12.5. The number of aliphatic hydroxyl groups is 3. The molecule has 1 aromatic heterocycles. The van der Waals surface area contributed by atoms with Gasteiger partial charge in [0.25, 0.3) is 6.23 Å². The molecular formula is C18H20NO6+. The van der Waals surface area contributed by atoms with Gasteiger partial charge in [-0.25, -0.2) is 4.79 Å². The molecule has 0 bridgehead atoms. The molecule has 1 aromatic carbocycles. The number of hydrogen-bond donors (Lipinski definition) is 3. The third-order valence-electron chi connectivity index (χ3n) is 4.08. The van der Waals surface area contributed by atoms with Crippen LogP contribution in [0.1, 0.15) is 22.1 Å². The number of aliphatic hydroxyl groups excluding tert-OH is 3. The summed E-state index contributed by atoms with van der Waals surface area (Å²) in [4.78, 5) is 12.2. The third-order valence-corrected chi connectivity index (χ3v) is 4.08. The smallest absolute Gasteiger partial charge is 0.344 e. The van der Waals surface area contributed by atoms with E-state index in [0.717, 1.165) is 5.56 Å². The van der Waals surface area contributed by atoms with Gasteiger partial charge < -0.3 is 24.8 Å². The molecule has 25 heavy (non-hydrogen) atoms. The standard InChI is InChI=1S/C18H20NO6/c20-10-14-15(21)16(22)17(25-14)19-8-4-7-13(9-19)18(23)24-11-12-5-2-1-3-6-12/h1-9,14-17,20-22H,10-11H2/q+1/t14-,15-,16-,17-/m1/s1. The van der Waals surface area contributed by atoms with E-state index in [1.54, 1.807) is 18.3 Å². The summed E-state index contributed by atoms with van der Waals surface area (Å²) in [6.07, 6.45) is -1.09. The lowest BCUT2D eigenvalue weighted by Gasteiger charge is -2.10. The summed E-state index contributed by atoms with van der Waals surface area (Å²) >= 11 is 0. The van der Waals surface area contributed by atoms with Gasteiger partial charge in [0.15, 0.2) is 18.5 Å². The number of aromatic nitrogens is 1. The molecule has 2 heterocycles. The number of esters is 1. The zero-order chi connectivity index (χ0) is 17.8. The van der Waals surface area contributed by atoms with Crippen LogP contribution in [0.2, 0.25) is 0 Å². The van der Waals surface area contributed by atoms with Gasteiger partial charge in [-0.2, -0.15) is 4.57 Å². The minimum absolute atomic E-state index is 0.155. The Morgan fingerprint density at radius 2 is 1.88 bits per heavy atom. The molecule has 2 aromatic rings. The van der Waals surface area contributed by atoms with Gasteiger partial charge in [-0.15, -0.1) is 0 Å². The quantitative estimate of drug-likeness (QED) is 0.518. The van der Waals surface area contributed by atoms with Crippen molar-refractivity contribution >= 4 is 5.97 Å². The van der Waals surface area contributed by atoms with E-state index >= 15 is 0 Å². The predicted octanol–water partition coefficient (Wildman–Crippen LogP) is -0.0574. The number of pyridine rings is 1. The molecule has 7 nitrogen and oxygen atoms in total. The second-order valence-electron chi connectivity index (χ2n) is 5.83. The lowest BCUT2D eigenvalue weighted by molar-refractivity contribution is -0.765. The first-order chi connectivity index (χ1) is 12.1. The SMILES string of the molecule is O=C(OCc1ccccc1)c1ccc[n+]([C@@H]2O[C@H](CO)[C@@H](O)[C@H]2O)c1. The van der Waals surface area contributed by atoms with Crippen LogP contribution in [0.5, 0.6) is 0 Å². The fourth-order valence-electron chi connectivity index (χ4n) is 2.70. The highest BCUT2D eigenvalue weighted by atomic mass is 16.6. The fraction of sp³-hybridized carbons (Fsp3) is 0.333. The topological polar surface area (TPSA) is 100 Å². The molecule has 0 radical (unpaired) electrons. The van der Waals surface area contributed by atoms with Crippen molar-refractivity contribution in [1.29, 1.82) is 0 Å². The normalized spacial score (nSPS) is 25.7. The zero-order valence-electron chi connectivity index (χ0n) is 13.4. The molecule has 1 saturated heterocycles. The summed E-state index contributed by atoms with van der Waals surface area (Å²) in [5.41, 5.74) is 1.17. The van der Waals surface area contributed by atoms with Gasteiger partial charge in [0, 0.05) is 6.07 Å². The predicted molar refractivity (Wildman–Crippen MR) is 85.2 cm³/mol. The number of rotatable bonds is 5. The van der Waals surface area contributed by atoms with Gasteiger partial charge >= 0.3 is 5.97 Å². The number of nitrogens with zero attached hydrogens (tertiary/aromatic N) is 1. The molecule has 7 heteroatoms. The van der Waals surface area contributed by atoms with E-state index in [-0.39, 0.29) is 12.2 Å². The van der Waals surface area contributed by atoms with Gasteiger partial charge in [-0.1, -0.05) is 30.3 Å². The van der Waals surface area contributed by atoms with Crippen LogP contribution in [-0.4, -0.2) is 46.2 Å². The molecule has 1 aliphatic heterocycles. The molecule has 0 aliphatic carbocycles. The maximum absolute atomic E-state index is 12.2. The summed E-state index contributed by atoms with van der Waals surface area (Å²) < 4.78 is 12.2. The second-order valence-corrected chi connectivity index (χ2v) is 5.83. The minimum Gasteiger partial charge on any atom is -0.457 e. The van der Waals surface area contributed by atoms with Crippen molar-refractivity contribution in [2.75, 3.05) is 6.61 Å². The van der Waals surface area contributed by atoms with Crippen LogP contribution in [0.15, 0.2) is 54.9 Å². The van der Waals surface area contributed by atoms with Crippen LogP contribution in [0.3, 0.4) is 0 Å². The Kier molecular flexibility index (Phi) is 5.40. The van der Waals surface area contributed by atoms with E-state index in [0.29, 0.717) is 0 Å². The van der Waals surface area contributed by atoms with Crippen LogP contribution >= 0.6 is 0 Å². The largest absolute Gasteiger partial charge is 0.457 e. The lowest BCUT2D eigenvalue weighted by atomic mass is 10.1. The van der Waals surface area contributed by atoms with E-state index in [1.165, 1.54) is 10.8 Å². The van der Waals surface area contributed by atoms with Crippen LogP contribution in [0.4, 0.5) is 0 Å². The first kappa shape index (κ1) is 17.5. The van der Waals surface area contributed by atoms with Crippen molar-refractivity contribution in [3.63, 3.8) is 0 Å². The van der Waals surface area contributed by atoms with Crippen LogP contribution in [-0.2, 0) is 16.1 Å². The number of carbonyl (C=O) groups is 1. The first-order valence-corrected chi connectivity index (χ1v) is 7.94. The molecule has 0 saturated carbocycles. The maximum atomic E-state index is 12.2. The Balaban J connectivity index is 1.70. The highest BCUT2D eigenvalue weighted by Gasteiger charge is 2.48. The Bertz CT molecular complexity index is 723. The second kappa shape index (κ2) is 7.71. The number of benzene rings is 1. The Labute approximate surface area is 144 Å². The molecular weight excluding hydrogens is 326 g/mol. The maximum Gasteiger partial charge on any atom is 0.344 e. The van der Waals surface area contributed by atoms with Crippen LogP contribution < -0.4 is 4.57 Å². The minimum atomic E-state index is -1.21. The van der Waals surface area contributed by atoms with Gasteiger partial charge in [-0.05, 0) is 11.6 Å². The van der Waals surface area contributed by atoms with Crippen molar-refractivity contribution in [3.8, 4) is 0 Å². The number of hydrogen-bond acceptors (Lipinski definition) is 6. The highest BCUT2D eigenvalue weighted by Crippen LogP contribution is 2.25. The number of ether oxygens (including phenoxy) is 2. The summed E-state index contributed by atoms with van der Waals surface area (Å²) in [6.45, 7) is -0.253. The average Bonchev–Trinajstić information content (AvgIpc) is 2.95. The van der Waals surface area contributed by atoms with Gasteiger partial charge in [0.1, 0.15) is 24.4 Å². The summed E-state index contributed by atoms with van der Waals surface area (Å²) in [5.74, 6) is -0.509. The van der Waals surface area contributed by atoms with E-state index in [1.807, 2.05) is 30.3 Å². The van der Waals surface area contributed by atoms with Crippen LogP contribution in [0.25, 0.3) is 0 Å². The van der Waals surface area contributed by atoms with Gasteiger partial charge in [0.05, 0.1) is 6.61 Å². The lowest BCUT2D eigenvalue weighted by Crippen LogP contribution is -2.46. The molecule has 1 fully saturated rings. The van der Waals surface area contributed by atoms with E-state index in [4.69, 9.17) is 14.6 Å². The Morgan fingerprint density at radius 3 is 2.56 bits per heavy atom. The Morgan fingerprint density at radius 1 is 1.12 bits per heavy atom. The van der Waals surface area contributed by atoms with E-state index in [9.17, 15) is 15.0 Å². The average molecular weight is 346 g/mol. The van der Waals surface area contributed by atoms with Crippen molar-refractivity contribution in [2.45, 2.75) is 31.1 Å². The summed E-state index contributed by atoms with van der Waals surface area (Å²) in [5, 5.41) is 29.1.